The van der Waals surface area contributed by atoms with Gasteiger partial charge in [-0.2, -0.15) is 0 Å². The summed E-state index contributed by atoms with van der Waals surface area (Å²) in [4.78, 5) is 12.5. The Labute approximate surface area is 150 Å². The summed E-state index contributed by atoms with van der Waals surface area (Å²) >= 11 is 0. The Bertz CT molecular complexity index is 458. The van der Waals surface area contributed by atoms with Crippen molar-refractivity contribution in [3.8, 4) is 0 Å². The zero-order chi connectivity index (χ0) is 18.7. The van der Waals surface area contributed by atoms with Crippen molar-refractivity contribution in [1.82, 2.24) is 0 Å². The molecule has 0 saturated carbocycles. The maximum absolute atomic E-state index is 12.5. The molecule has 1 rings (SSSR count). The molecule has 0 aromatic rings. The maximum atomic E-state index is 12.5. The van der Waals surface area contributed by atoms with E-state index in [2.05, 4.69) is 33.9 Å². The van der Waals surface area contributed by atoms with Crippen LogP contribution in [0.4, 0.5) is 0 Å². The summed E-state index contributed by atoms with van der Waals surface area (Å²) in [5.41, 5.74) is -0.238. The Kier molecular flexibility index (Phi) is 7.86. The molecule has 0 bridgehead atoms. The predicted molar refractivity (Wildman–Crippen MR) is 103 cm³/mol. The number of aliphatic hydroxyl groups is 1. The van der Waals surface area contributed by atoms with Gasteiger partial charge in [0.15, 0.2) is 0 Å². The molecule has 0 spiro atoms. The van der Waals surface area contributed by atoms with E-state index in [-0.39, 0.29) is 31.2 Å². The van der Waals surface area contributed by atoms with Crippen LogP contribution in [-0.2, 0) is 18.7 Å². The zero-order valence-corrected chi connectivity index (χ0v) is 18.0. The molecule has 1 heterocycles. The second-order valence-corrected chi connectivity index (χ2v) is 14.4. The third kappa shape index (κ3) is 5.00. The molecule has 0 aromatic carbocycles. The van der Waals surface area contributed by atoms with Crippen LogP contribution in [0.2, 0.25) is 18.1 Å². The van der Waals surface area contributed by atoms with Crippen LogP contribution in [0, 0.1) is 5.92 Å². The number of carbonyl (C=O) groups is 1. The monoisotopic (exact) mass is 372 g/mol. The minimum absolute atomic E-state index is 0.0683. The van der Waals surface area contributed by atoms with Gasteiger partial charge in [0.2, 0.25) is 0 Å². The molecule has 0 aromatic heterocycles. The van der Waals surface area contributed by atoms with E-state index >= 15 is 0 Å². The van der Waals surface area contributed by atoms with Gasteiger partial charge in [-0.25, -0.2) is 0 Å². The van der Waals surface area contributed by atoms with E-state index in [4.69, 9.17) is 9.16 Å². The first kappa shape index (κ1) is 22.0. The topological polar surface area (TPSA) is 72.8 Å². The first-order valence-electron chi connectivity index (χ1n) is 8.69. The summed E-state index contributed by atoms with van der Waals surface area (Å²) in [6, 6.07) is 0. The standard InChI is InChI=1S/C15H31B2O5PSi/c1-8-9(2)11-13(23-17-16-20)10(18)12(14(19)21-11)22-24(6,7)15(3,4)5/h9-13,17-18,23H,8H2,1-7H3/t9-,10+,11?,12?,13-/m0/s1. The predicted octanol–water partition coefficient (Wildman–Crippen LogP) is 2.07. The van der Waals surface area contributed by atoms with Gasteiger partial charge in [-0.1, -0.05) is 0 Å². The average molecular weight is 372 g/mol. The third-order valence-electron chi connectivity index (χ3n) is 5.39. The number of esters is 1. The molecule has 1 N–H and O–H groups in total. The number of ether oxygens (including phenoxy) is 1. The van der Waals surface area contributed by atoms with Crippen LogP contribution in [0.25, 0.3) is 0 Å². The van der Waals surface area contributed by atoms with Gasteiger partial charge in [0.05, 0.1) is 0 Å². The summed E-state index contributed by atoms with van der Waals surface area (Å²) in [5, 5.41) is 10.8. The Hall–Kier alpha value is -0.0332. The molecule has 3 unspecified atom stereocenters. The molecule has 9 heteroatoms. The number of rotatable bonds is 7. The Morgan fingerprint density at radius 1 is 1.46 bits per heavy atom. The van der Waals surface area contributed by atoms with Crippen LogP contribution in [0.1, 0.15) is 41.0 Å². The van der Waals surface area contributed by atoms with Crippen LogP contribution >= 0.6 is 8.46 Å². The van der Waals surface area contributed by atoms with Crippen LogP contribution in [0.5, 0.6) is 0 Å². The third-order valence-corrected chi connectivity index (χ3v) is 11.4. The molecule has 1 aliphatic rings. The van der Waals surface area contributed by atoms with Crippen molar-refractivity contribution in [2.24, 2.45) is 5.92 Å². The molecular formula is C15H31B2O5PSi. The van der Waals surface area contributed by atoms with E-state index in [1.54, 1.807) is 0 Å². The van der Waals surface area contributed by atoms with Gasteiger partial charge >= 0.3 is 150 Å². The molecule has 0 radical (unpaired) electrons. The van der Waals surface area contributed by atoms with Crippen molar-refractivity contribution < 1.29 is 23.8 Å². The number of hydrogen-bond acceptors (Lipinski definition) is 5. The van der Waals surface area contributed by atoms with Crippen LogP contribution in [-0.4, -0.2) is 57.3 Å². The molecule has 136 valence electrons. The molecule has 5 nitrogen and oxygen atoms in total. The second kappa shape index (κ2) is 8.57. The van der Waals surface area contributed by atoms with E-state index in [0.717, 1.165) is 13.5 Å². The van der Waals surface area contributed by atoms with E-state index in [9.17, 15) is 14.6 Å². The van der Waals surface area contributed by atoms with Gasteiger partial charge in [-0.3, -0.25) is 0 Å². The molecular weight excluding hydrogens is 341 g/mol. The Balaban J connectivity index is 3.04. The first-order valence-corrected chi connectivity index (χ1v) is 12.9. The molecule has 1 saturated heterocycles. The average Bonchev–Trinajstić information content (AvgIpc) is 2.48. The van der Waals surface area contributed by atoms with Crippen LogP contribution in [0.15, 0.2) is 0 Å². The summed E-state index contributed by atoms with van der Waals surface area (Å²) in [6.45, 7) is 14.8. The molecule has 6 atom stereocenters. The molecule has 1 aliphatic heterocycles. The SMILES string of the molecule is CC[C@H](C)C1OC(=O)C(O[Si](C)(C)C(C)(C)C)[C@@H](O)[C@@H]1PBB=O. The Morgan fingerprint density at radius 2 is 2.04 bits per heavy atom. The first-order chi connectivity index (χ1) is 11.0. The fourth-order valence-corrected chi connectivity index (χ4v) is 5.17. The van der Waals surface area contributed by atoms with Crippen molar-refractivity contribution >= 4 is 36.7 Å². The Morgan fingerprint density at radius 3 is 2.50 bits per heavy atom. The fourth-order valence-electron chi connectivity index (χ4n) is 2.53. The summed E-state index contributed by atoms with van der Waals surface area (Å²) in [5.74, 6) is -0.327. The quantitative estimate of drug-likeness (QED) is 0.421. The van der Waals surface area contributed by atoms with Crippen molar-refractivity contribution in [1.29, 1.82) is 0 Å². The van der Waals surface area contributed by atoms with E-state index in [1.807, 2.05) is 13.8 Å². The zero-order valence-electron chi connectivity index (χ0n) is 16.0. The van der Waals surface area contributed by atoms with Crippen molar-refractivity contribution in [2.75, 3.05) is 0 Å². The van der Waals surface area contributed by atoms with Gasteiger partial charge in [0.1, 0.15) is 0 Å². The number of aliphatic hydroxyl groups excluding tert-OH is 1. The summed E-state index contributed by atoms with van der Waals surface area (Å²) in [6.07, 6.45) is -1.37. The van der Waals surface area contributed by atoms with Crippen molar-refractivity contribution in [2.45, 2.75) is 83.1 Å². The normalized spacial score (nSPS) is 30.1. The number of cyclic esters (lactones) is 1. The van der Waals surface area contributed by atoms with Crippen molar-refractivity contribution in [3.63, 3.8) is 0 Å². The van der Waals surface area contributed by atoms with Gasteiger partial charge in [0, 0.05) is 0 Å². The minimum atomic E-state index is -2.22. The molecule has 0 amide bonds. The van der Waals surface area contributed by atoms with Crippen LogP contribution in [0.3, 0.4) is 0 Å². The fraction of sp³-hybridized carbons (Fsp3) is 0.933. The number of hydrogen-bond donors (Lipinski definition) is 1. The van der Waals surface area contributed by atoms with Gasteiger partial charge in [-0.15, -0.1) is 0 Å². The van der Waals surface area contributed by atoms with Gasteiger partial charge in [-0.05, 0) is 0 Å². The van der Waals surface area contributed by atoms with Gasteiger partial charge in [0.25, 0.3) is 0 Å². The summed E-state index contributed by atoms with van der Waals surface area (Å²) < 4.78 is 22.6. The molecule has 0 aliphatic carbocycles. The van der Waals surface area contributed by atoms with E-state index in [1.165, 1.54) is 0 Å². The second-order valence-electron chi connectivity index (χ2n) is 8.18. The molecule has 1 fully saturated rings. The van der Waals surface area contributed by atoms with E-state index in [0.29, 0.717) is 6.89 Å². The van der Waals surface area contributed by atoms with Crippen molar-refractivity contribution in [3.05, 3.63) is 0 Å². The van der Waals surface area contributed by atoms with Crippen LogP contribution < -0.4 is 0 Å². The summed E-state index contributed by atoms with van der Waals surface area (Å²) in [7, 11) is -1.13. The van der Waals surface area contributed by atoms with E-state index < -0.39 is 26.5 Å². The van der Waals surface area contributed by atoms with Gasteiger partial charge < -0.3 is 0 Å². The number of carbonyl (C=O) groups excluding carboxylic acids is 1. The molecule has 24 heavy (non-hydrogen) atoms.